The number of fused-ring (bicyclic) bond motifs is 1. The summed E-state index contributed by atoms with van der Waals surface area (Å²) in [7, 11) is 0. The van der Waals surface area contributed by atoms with E-state index in [9.17, 15) is 14.3 Å². The van der Waals surface area contributed by atoms with Gasteiger partial charge >= 0.3 is 0 Å². The fourth-order valence-corrected chi connectivity index (χ4v) is 5.16. The summed E-state index contributed by atoms with van der Waals surface area (Å²) in [5, 5.41) is 13.7. The van der Waals surface area contributed by atoms with E-state index in [1.807, 2.05) is 0 Å². The fraction of sp³-hybridized carbons (Fsp3) is 0.759. The van der Waals surface area contributed by atoms with Crippen LogP contribution < -0.4 is 5.32 Å². The number of halogens is 1. The zero-order valence-electron chi connectivity index (χ0n) is 22.8. The SMILES string of the molecule is CCCCCCCCCCCCOC[C@@]12O[C@@H](CNC(=O)Cc3cccc(F)c3)[C@@H](O)[C@@H]1OC(C)(C)O2. The zero-order chi connectivity index (χ0) is 26.7. The first-order chi connectivity index (χ1) is 17.7. The molecule has 1 aromatic carbocycles. The molecular formula is C29H46FNO6. The minimum absolute atomic E-state index is 0.0388. The number of aliphatic hydroxyl groups excluding tert-OH is 1. The van der Waals surface area contributed by atoms with Gasteiger partial charge in [0, 0.05) is 13.2 Å². The molecule has 2 heterocycles. The normalized spacial score (nSPS) is 26.4. The number of unbranched alkanes of at least 4 members (excludes halogenated alkanes) is 9. The van der Waals surface area contributed by atoms with Gasteiger partial charge in [0.25, 0.3) is 0 Å². The van der Waals surface area contributed by atoms with Gasteiger partial charge in [-0.1, -0.05) is 76.8 Å². The van der Waals surface area contributed by atoms with Crippen LogP contribution in [0.15, 0.2) is 24.3 Å². The third-order valence-corrected chi connectivity index (χ3v) is 7.00. The molecule has 8 heteroatoms. The number of amides is 1. The Kier molecular flexibility index (Phi) is 11.8. The van der Waals surface area contributed by atoms with Crippen molar-refractivity contribution in [3.05, 3.63) is 35.6 Å². The van der Waals surface area contributed by atoms with Crippen LogP contribution in [0.5, 0.6) is 0 Å². The molecule has 2 N–H and O–H groups in total. The summed E-state index contributed by atoms with van der Waals surface area (Å²) in [6.45, 7) is 6.61. The van der Waals surface area contributed by atoms with Crippen LogP contribution in [0.4, 0.5) is 4.39 Å². The number of carbonyl (C=O) groups is 1. The smallest absolute Gasteiger partial charge is 0.224 e. The minimum Gasteiger partial charge on any atom is -0.387 e. The van der Waals surface area contributed by atoms with E-state index >= 15 is 0 Å². The number of ether oxygens (including phenoxy) is 4. The van der Waals surface area contributed by atoms with Crippen LogP contribution in [-0.4, -0.2) is 60.7 Å². The van der Waals surface area contributed by atoms with Crippen LogP contribution in [-0.2, 0) is 30.2 Å². The Morgan fingerprint density at radius 1 is 1.05 bits per heavy atom. The molecule has 2 aliphatic rings. The van der Waals surface area contributed by atoms with E-state index in [0.29, 0.717) is 12.2 Å². The molecule has 2 saturated heterocycles. The molecule has 0 spiro atoms. The first-order valence-corrected chi connectivity index (χ1v) is 14.1. The monoisotopic (exact) mass is 523 g/mol. The van der Waals surface area contributed by atoms with E-state index in [-0.39, 0.29) is 31.3 Å². The number of carbonyl (C=O) groups excluding carboxylic acids is 1. The standard InChI is InChI=1S/C29H46FNO6/c1-4-5-6-7-8-9-10-11-12-13-17-34-21-29-27(36-28(2,3)37-29)26(33)24(35-29)20-31-25(32)19-22-15-14-16-23(30)18-22/h14-16,18,24,26-27,33H,4-13,17,19-21H2,1-3H3,(H,31,32)/t24-,26+,27-,29-/m0/s1. The Balaban J connectivity index is 1.38. The molecule has 0 bridgehead atoms. The topological polar surface area (TPSA) is 86.3 Å². The van der Waals surface area contributed by atoms with Crippen LogP contribution in [0.1, 0.15) is 90.5 Å². The molecule has 0 radical (unpaired) electrons. The fourth-order valence-electron chi connectivity index (χ4n) is 5.16. The highest BCUT2D eigenvalue weighted by molar-refractivity contribution is 5.78. The number of hydrogen-bond acceptors (Lipinski definition) is 6. The second kappa shape index (κ2) is 14.5. The van der Waals surface area contributed by atoms with E-state index < -0.39 is 29.9 Å². The highest BCUT2D eigenvalue weighted by Crippen LogP contribution is 2.45. The van der Waals surface area contributed by atoms with Crippen molar-refractivity contribution < 1.29 is 33.2 Å². The maximum atomic E-state index is 13.4. The first kappa shape index (κ1) is 30.0. The molecule has 1 aromatic rings. The van der Waals surface area contributed by atoms with Crippen molar-refractivity contribution in [2.24, 2.45) is 0 Å². The van der Waals surface area contributed by atoms with Gasteiger partial charge in [0.05, 0.1) is 6.42 Å². The molecule has 3 rings (SSSR count). The van der Waals surface area contributed by atoms with Crippen LogP contribution in [0.3, 0.4) is 0 Å². The molecule has 1 amide bonds. The molecule has 0 saturated carbocycles. The van der Waals surface area contributed by atoms with Crippen molar-refractivity contribution in [3.63, 3.8) is 0 Å². The Labute approximate surface area is 221 Å². The van der Waals surface area contributed by atoms with E-state index in [0.717, 1.165) is 12.8 Å². The Hall–Kier alpha value is -1.58. The third-order valence-electron chi connectivity index (χ3n) is 7.00. The molecular weight excluding hydrogens is 477 g/mol. The van der Waals surface area contributed by atoms with Crippen LogP contribution in [0.25, 0.3) is 0 Å². The summed E-state index contributed by atoms with van der Waals surface area (Å²) in [5.41, 5.74) is 0.576. The Morgan fingerprint density at radius 2 is 1.73 bits per heavy atom. The Bertz CT molecular complexity index is 836. The third kappa shape index (κ3) is 9.29. The molecule has 37 heavy (non-hydrogen) atoms. The molecule has 4 atom stereocenters. The van der Waals surface area contributed by atoms with E-state index in [1.165, 1.54) is 63.5 Å². The van der Waals surface area contributed by atoms with Gasteiger partial charge in [0.1, 0.15) is 30.7 Å². The molecule has 210 valence electrons. The Morgan fingerprint density at radius 3 is 2.41 bits per heavy atom. The van der Waals surface area contributed by atoms with E-state index in [4.69, 9.17) is 18.9 Å². The number of hydrogen-bond donors (Lipinski definition) is 2. The average Bonchev–Trinajstić information content (AvgIpc) is 3.25. The van der Waals surface area contributed by atoms with Gasteiger partial charge < -0.3 is 29.4 Å². The molecule has 2 fully saturated rings. The molecule has 0 unspecified atom stereocenters. The highest BCUT2D eigenvalue weighted by atomic mass is 19.1. The van der Waals surface area contributed by atoms with Gasteiger partial charge in [-0.25, -0.2) is 4.39 Å². The molecule has 0 aromatic heterocycles. The number of benzene rings is 1. The summed E-state index contributed by atoms with van der Waals surface area (Å²) >= 11 is 0. The van der Waals surface area contributed by atoms with Crippen LogP contribution in [0, 0.1) is 5.82 Å². The first-order valence-electron chi connectivity index (χ1n) is 14.1. The second-order valence-corrected chi connectivity index (χ2v) is 10.8. The average molecular weight is 524 g/mol. The lowest BCUT2D eigenvalue weighted by molar-refractivity contribution is -0.277. The number of aliphatic hydroxyl groups is 1. The molecule has 7 nitrogen and oxygen atoms in total. The van der Waals surface area contributed by atoms with Crippen molar-refractivity contribution >= 4 is 5.91 Å². The largest absolute Gasteiger partial charge is 0.387 e. The summed E-state index contributed by atoms with van der Waals surface area (Å²) in [4.78, 5) is 12.4. The van der Waals surface area contributed by atoms with Crippen LogP contribution >= 0.6 is 0 Å². The number of nitrogens with one attached hydrogen (secondary N) is 1. The summed E-state index contributed by atoms with van der Waals surface area (Å²) in [6, 6.07) is 5.93. The van der Waals surface area contributed by atoms with Gasteiger partial charge in [-0.3, -0.25) is 4.79 Å². The lowest BCUT2D eigenvalue weighted by Gasteiger charge is -2.28. The van der Waals surface area contributed by atoms with Crippen molar-refractivity contribution in [1.29, 1.82) is 0 Å². The van der Waals surface area contributed by atoms with Crippen molar-refractivity contribution in [2.75, 3.05) is 19.8 Å². The molecule has 2 aliphatic heterocycles. The summed E-state index contributed by atoms with van der Waals surface area (Å²) in [5.74, 6) is -2.81. The number of rotatable bonds is 17. The summed E-state index contributed by atoms with van der Waals surface area (Å²) in [6.07, 6.45) is 10.2. The highest BCUT2D eigenvalue weighted by Gasteiger charge is 2.64. The lowest BCUT2D eigenvalue weighted by Crippen LogP contribution is -2.45. The van der Waals surface area contributed by atoms with Gasteiger partial charge in [0.15, 0.2) is 5.79 Å². The lowest BCUT2D eigenvalue weighted by atomic mass is 10.1. The summed E-state index contributed by atoms with van der Waals surface area (Å²) < 4.78 is 37.5. The quantitative estimate of drug-likeness (QED) is 0.279. The van der Waals surface area contributed by atoms with Gasteiger partial charge in [-0.15, -0.1) is 0 Å². The van der Waals surface area contributed by atoms with Crippen molar-refractivity contribution in [3.8, 4) is 0 Å². The maximum Gasteiger partial charge on any atom is 0.224 e. The molecule has 0 aliphatic carbocycles. The van der Waals surface area contributed by atoms with E-state index in [1.54, 1.807) is 26.0 Å². The predicted octanol–water partition coefficient (Wildman–Crippen LogP) is 5.03. The van der Waals surface area contributed by atoms with Gasteiger partial charge in [0.2, 0.25) is 11.7 Å². The van der Waals surface area contributed by atoms with Crippen LogP contribution in [0.2, 0.25) is 0 Å². The van der Waals surface area contributed by atoms with Crippen molar-refractivity contribution in [1.82, 2.24) is 5.32 Å². The van der Waals surface area contributed by atoms with E-state index in [2.05, 4.69) is 12.2 Å². The maximum absolute atomic E-state index is 13.4. The predicted molar refractivity (Wildman–Crippen MR) is 139 cm³/mol. The zero-order valence-corrected chi connectivity index (χ0v) is 22.8. The second-order valence-electron chi connectivity index (χ2n) is 10.8. The van der Waals surface area contributed by atoms with Gasteiger partial charge in [-0.2, -0.15) is 0 Å². The van der Waals surface area contributed by atoms with Crippen molar-refractivity contribution in [2.45, 2.75) is 121 Å². The minimum atomic E-state index is -1.22. The van der Waals surface area contributed by atoms with Gasteiger partial charge in [-0.05, 0) is 38.0 Å².